The Morgan fingerprint density at radius 1 is 1.19 bits per heavy atom. The summed E-state index contributed by atoms with van der Waals surface area (Å²) in [6.45, 7) is 8.15. The third kappa shape index (κ3) is 3.10. The van der Waals surface area contributed by atoms with Crippen LogP contribution in [0.1, 0.15) is 47.0 Å². The van der Waals surface area contributed by atoms with Crippen molar-refractivity contribution in [1.82, 2.24) is 0 Å². The number of hydrogen-bond donors (Lipinski definition) is 0. The van der Waals surface area contributed by atoms with E-state index in [1.807, 2.05) is 39.7 Å². The highest BCUT2D eigenvalue weighted by atomic mass is 16.7. The number of unbranched alkanes of at least 4 members (excludes halogenated alkanes) is 2. The minimum atomic E-state index is -0.269. The summed E-state index contributed by atoms with van der Waals surface area (Å²) in [4.78, 5) is 0. The van der Waals surface area contributed by atoms with Gasteiger partial charge >= 0.3 is 7.12 Å². The van der Waals surface area contributed by atoms with E-state index in [4.69, 9.17) is 14.6 Å². The summed E-state index contributed by atoms with van der Waals surface area (Å²) in [6.07, 6.45) is 4.43. The molecule has 1 saturated heterocycles. The predicted octanol–water partition coefficient (Wildman–Crippen LogP) is 2.87. The third-order valence-electron chi connectivity index (χ3n) is 3.22. The Balaban J connectivity index is 2.39. The van der Waals surface area contributed by atoms with Crippen molar-refractivity contribution in [2.75, 3.05) is 0 Å². The first-order valence-corrected chi connectivity index (χ1v) is 5.78. The Hall–Kier alpha value is -0.785. The van der Waals surface area contributed by atoms with Crippen LogP contribution in [-0.2, 0) is 9.31 Å². The Morgan fingerprint density at radius 3 is 2.25 bits per heavy atom. The molecule has 1 rings (SSSR count). The monoisotopic (exact) mass is 221 g/mol. The van der Waals surface area contributed by atoms with E-state index in [0.717, 1.165) is 12.8 Å². The van der Waals surface area contributed by atoms with Crippen LogP contribution in [0.4, 0.5) is 0 Å². The maximum absolute atomic E-state index is 8.39. The predicted molar refractivity (Wildman–Crippen MR) is 64.7 cm³/mol. The summed E-state index contributed by atoms with van der Waals surface area (Å²) < 4.78 is 11.6. The summed E-state index contributed by atoms with van der Waals surface area (Å²) in [5.74, 6) is 1.94. The first-order valence-electron chi connectivity index (χ1n) is 5.78. The molecule has 1 aliphatic heterocycles. The molecule has 88 valence electrons. The molecule has 1 heterocycles. The van der Waals surface area contributed by atoms with Crippen LogP contribution in [0, 0.1) is 11.3 Å². The largest absolute Gasteiger partial charge is 0.486 e. The minimum Gasteiger partial charge on any atom is -0.400 e. The number of allylic oxidation sites excluding steroid dienone is 1. The fourth-order valence-electron chi connectivity index (χ4n) is 1.47. The lowest BCUT2D eigenvalue weighted by Gasteiger charge is -2.32. The van der Waals surface area contributed by atoms with Crippen molar-refractivity contribution in [3.05, 3.63) is 12.1 Å². The van der Waals surface area contributed by atoms with Crippen LogP contribution in [0.15, 0.2) is 12.1 Å². The summed E-state index contributed by atoms with van der Waals surface area (Å²) in [5, 5.41) is 8.39. The van der Waals surface area contributed by atoms with Gasteiger partial charge in [0, 0.05) is 6.42 Å². The summed E-state index contributed by atoms with van der Waals surface area (Å²) in [6, 6.07) is 2.13. The number of hydrogen-bond acceptors (Lipinski definition) is 3. The lowest BCUT2D eigenvalue weighted by Crippen LogP contribution is -2.41. The average molecular weight is 221 g/mol. The molecule has 0 unspecified atom stereocenters. The van der Waals surface area contributed by atoms with Crippen LogP contribution < -0.4 is 0 Å². The third-order valence-corrected chi connectivity index (χ3v) is 3.22. The summed E-state index contributed by atoms with van der Waals surface area (Å²) in [5.41, 5.74) is -0.538. The van der Waals surface area contributed by atoms with Gasteiger partial charge < -0.3 is 9.31 Å². The van der Waals surface area contributed by atoms with Gasteiger partial charge in [-0.15, -0.1) is 0 Å². The zero-order valence-electron chi connectivity index (χ0n) is 10.6. The van der Waals surface area contributed by atoms with Gasteiger partial charge in [-0.3, -0.25) is 0 Å². The van der Waals surface area contributed by atoms with Crippen molar-refractivity contribution in [1.29, 1.82) is 5.26 Å². The van der Waals surface area contributed by atoms with E-state index in [1.54, 1.807) is 0 Å². The number of nitriles is 1. The van der Waals surface area contributed by atoms with Crippen molar-refractivity contribution in [3.63, 3.8) is 0 Å². The van der Waals surface area contributed by atoms with Gasteiger partial charge in [-0.2, -0.15) is 5.26 Å². The Morgan fingerprint density at radius 2 is 1.75 bits per heavy atom. The molecule has 1 aliphatic rings. The van der Waals surface area contributed by atoms with Crippen LogP contribution in [0.25, 0.3) is 0 Å². The van der Waals surface area contributed by atoms with Crippen molar-refractivity contribution in [3.8, 4) is 6.07 Å². The molecule has 16 heavy (non-hydrogen) atoms. The quantitative estimate of drug-likeness (QED) is 0.541. The molecule has 0 atom stereocenters. The Labute approximate surface area is 98.6 Å². The van der Waals surface area contributed by atoms with Crippen molar-refractivity contribution in [2.45, 2.75) is 58.2 Å². The summed E-state index contributed by atoms with van der Waals surface area (Å²) in [7, 11) is -0.257. The van der Waals surface area contributed by atoms with Crippen LogP contribution in [0.5, 0.6) is 0 Å². The maximum atomic E-state index is 8.39. The van der Waals surface area contributed by atoms with Gasteiger partial charge in [0.2, 0.25) is 0 Å². The van der Waals surface area contributed by atoms with Crippen molar-refractivity contribution < 1.29 is 9.31 Å². The molecule has 0 aromatic heterocycles. The molecule has 0 aromatic carbocycles. The standard InChI is InChI=1S/C12H20BNO2/c1-11(2)12(3,4)16-13(15-11)9-7-5-6-8-10-14/h7,9H,5-6,8H2,1-4H3/b9-7-. The molecular weight excluding hydrogens is 201 g/mol. The van der Waals surface area contributed by atoms with E-state index < -0.39 is 0 Å². The van der Waals surface area contributed by atoms with Gasteiger partial charge in [-0.1, -0.05) is 12.1 Å². The van der Waals surface area contributed by atoms with E-state index in [1.165, 1.54) is 0 Å². The highest BCUT2D eigenvalue weighted by molar-refractivity contribution is 6.51. The second-order valence-electron chi connectivity index (χ2n) is 5.10. The Kier molecular flexibility index (Phi) is 4.18. The fourth-order valence-corrected chi connectivity index (χ4v) is 1.47. The zero-order chi connectivity index (χ0) is 12.2. The van der Waals surface area contributed by atoms with Gasteiger partial charge in [-0.05, 0) is 40.5 Å². The van der Waals surface area contributed by atoms with Gasteiger partial charge in [0.15, 0.2) is 0 Å². The normalized spacial score (nSPS) is 22.6. The van der Waals surface area contributed by atoms with E-state index in [2.05, 4.69) is 6.07 Å². The fraction of sp³-hybridized carbons (Fsp3) is 0.750. The van der Waals surface area contributed by atoms with Crippen molar-refractivity contribution >= 4 is 7.12 Å². The molecule has 3 nitrogen and oxygen atoms in total. The highest BCUT2D eigenvalue weighted by Gasteiger charge is 2.49. The smallest absolute Gasteiger partial charge is 0.400 e. The molecule has 0 radical (unpaired) electrons. The second-order valence-corrected chi connectivity index (χ2v) is 5.10. The SMILES string of the molecule is CC1(C)OB(/C=C\CCCC#N)OC1(C)C. The molecule has 0 spiro atoms. The van der Waals surface area contributed by atoms with E-state index >= 15 is 0 Å². The van der Waals surface area contributed by atoms with E-state index in [0.29, 0.717) is 6.42 Å². The molecule has 0 aliphatic carbocycles. The highest BCUT2D eigenvalue weighted by Crippen LogP contribution is 2.36. The lowest BCUT2D eigenvalue weighted by molar-refractivity contribution is 0.00578. The van der Waals surface area contributed by atoms with Crippen LogP contribution >= 0.6 is 0 Å². The zero-order valence-corrected chi connectivity index (χ0v) is 10.6. The van der Waals surface area contributed by atoms with Crippen molar-refractivity contribution in [2.24, 2.45) is 0 Å². The Bertz CT molecular complexity index is 289. The summed E-state index contributed by atoms with van der Waals surface area (Å²) >= 11 is 0. The average Bonchev–Trinajstić information content (AvgIpc) is 2.35. The molecule has 1 fully saturated rings. The van der Waals surface area contributed by atoms with Gasteiger partial charge in [-0.25, -0.2) is 0 Å². The van der Waals surface area contributed by atoms with Crippen LogP contribution in [0.3, 0.4) is 0 Å². The molecule has 0 bridgehead atoms. The molecular formula is C12H20BNO2. The topological polar surface area (TPSA) is 42.2 Å². The van der Waals surface area contributed by atoms with E-state index in [-0.39, 0.29) is 18.3 Å². The minimum absolute atomic E-state index is 0.257. The first-order chi connectivity index (χ1) is 7.39. The maximum Gasteiger partial charge on any atom is 0.486 e. The number of nitrogens with zero attached hydrogens (tertiary/aromatic N) is 1. The molecule has 0 amide bonds. The molecule has 0 aromatic rings. The van der Waals surface area contributed by atoms with Gasteiger partial charge in [0.1, 0.15) is 0 Å². The van der Waals surface area contributed by atoms with Crippen LogP contribution in [0.2, 0.25) is 0 Å². The van der Waals surface area contributed by atoms with Gasteiger partial charge in [0.05, 0.1) is 17.3 Å². The lowest BCUT2D eigenvalue weighted by atomic mass is 9.89. The first kappa shape index (κ1) is 13.3. The van der Waals surface area contributed by atoms with Gasteiger partial charge in [0.25, 0.3) is 0 Å². The van der Waals surface area contributed by atoms with Crippen LogP contribution in [-0.4, -0.2) is 18.3 Å². The molecule has 0 N–H and O–H groups in total. The molecule has 0 saturated carbocycles. The molecule has 4 heteroatoms. The van der Waals surface area contributed by atoms with E-state index in [9.17, 15) is 0 Å². The number of rotatable bonds is 4. The second kappa shape index (κ2) is 5.03.